The van der Waals surface area contributed by atoms with Crippen LogP contribution in [0.3, 0.4) is 0 Å². The third-order valence-corrected chi connectivity index (χ3v) is 4.62. The molecule has 0 bridgehead atoms. The Kier molecular flexibility index (Phi) is 4.69. The van der Waals surface area contributed by atoms with Crippen molar-refractivity contribution in [2.24, 2.45) is 0 Å². The predicted octanol–water partition coefficient (Wildman–Crippen LogP) is 4.99. The molecule has 0 atom stereocenters. The molecule has 1 heterocycles. The van der Waals surface area contributed by atoms with Crippen molar-refractivity contribution >= 4 is 44.6 Å². The van der Waals surface area contributed by atoms with Crippen molar-refractivity contribution in [3.63, 3.8) is 0 Å². The van der Waals surface area contributed by atoms with E-state index in [-0.39, 0.29) is 11.7 Å². The molecular formula is C18H12BrNO2S. The van der Waals surface area contributed by atoms with Crippen molar-refractivity contribution < 1.29 is 9.59 Å². The Balaban J connectivity index is 1.95. The first-order chi connectivity index (χ1) is 11.1. The van der Waals surface area contributed by atoms with E-state index in [1.165, 1.54) is 11.3 Å². The lowest BCUT2D eigenvalue weighted by atomic mass is 10.0. The molecule has 0 fully saturated rings. The highest BCUT2D eigenvalue weighted by Crippen LogP contribution is 2.25. The topological polar surface area (TPSA) is 46.2 Å². The molecule has 1 N–H and O–H groups in total. The Hall–Kier alpha value is -2.24. The van der Waals surface area contributed by atoms with Gasteiger partial charge >= 0.3 is 0 Å². The standard InChI is InChI=1S/C18H12BrNO2S/c19-13-8-9-15(20-18(22)16-7-4-10-23-16)14(11-13)17(21)12-5-2-1-3-6-12/h1-11H,(H,20,22). The van der Waals surface area contributed by atoms with E-state index in [0.717, 1.165) is 4.47 Å². The van der Waals surface area contributed by atoms with Crippen molar-refractivity contribution in [2.75, 3.05) is 5.32 Å². The molecule has 3 nitrogen and oxygen atoms in total. The fourth-order valence-corrected chi connectivity index (χ4v) is 3.13. The van der Waals surface area contributed by atoms with E-state index in [4.69, 9.17) is 0 Å². The zero-order valence-corrected chi connectivity index (χ0v) is 14.4. The summed E-state index contributed by atoms with van der Waals surface area (Å²) < 4.78 is 0.783. The minimum absolute atomic E-state index is 0.131. The molecule has 0 radical (unpaired) electrons. The van der Waals surface area contributed by atoms with E-state index in [1.54, 1.807) is 36.4 Å². The smallest absolute Gasteiger partial charge is 0.265 e. The molecular weight excluding hydrogens is 374 g/mol. The molecule has 0 saturated heterocycles. The van der Waals surface area contributed by atoms with Gasteiger partial charge in [-0.25, -0.2) is 0 Å². The van der Waals surface area contributed by atoms with Gasteiger partial charge in [0, 0.05) is 15.6 Å². The van der Waals surface area contributed by atoms with Gasteiger partial charge in [0.1, 0.15) is 0 Å². The first-order valence-electron chi connectivity index (χ1n) is 6.89. The predicted molar refractivity (Wildman–Crippen MR) is 96.3 cm³/mol. The first-order valence-corrected chi connectivity index (χ1v) is 8.56. The maximum atomic E-state index is 12.7. The van der Waals surface area contributed by atoms with Crippen molar-refractivity contribution in [3.05, 3.63) is 86.5 Å². The van der Waals surface area contributed by atoms with Crippen LogP contribution in [0.25, 0.3) is 0 Å². The van der Waals surface area contributed by atoms with E-state index in [0.29, 0.717) is 21.7 Å². The van der Waals surface area contributed by atoms with Crippen LogP contribution in [0.2, 0.25) is 0 Å². The molecule has 23 heavy (non-hydrogen) atoms. The highest BCUT2D eigenvalue weighted by Gasteiger charge is 2.16. The monoisotopic (exact) mass is 385 g/mol. The number of halogens is 1. The number of benzene rings is 2. The van der Waals surface area contributed by atoms with Crippen LogP contribution in [0.15, 0.2) is 70.5 Å². The van der Waals surface area contributed by atoms with Crippen LogP contribution in [0, 0.1) is 0 Å². The van der Waals surface area contributed by atoms with Crippen LogP contribution in [-0.4, -0.2) is 11.7 Å². The van der Waals surface area contributed by atoms with Crippen LogP contribution >= 0.6 is 27.3 Å². The molecule has 1 amide bonds. The SMILES string of the molecule is O=C(Nc1ccc(Br)cc1C(=O)c1ccccc1)c1cccs1. The van der Waals surface area contributed by atoms with E-state index in [1.807, 2.05) is 29.6 Å². The van der Waals surface area contributed by atoms with Gasteiger partial charge in [0.05, 0.1) is 10.6 Å². The number of ketones is 1. The number of thiophene rings is 1. The molecule has 0 aliphatic heterocycles. The van der Waals surface area contributed by atoms with Gasteiger partial charge in [0.15, 0.2) is 5.78 Å². The number of carbonyl (C=O) groups excluding carboxylic acids is 2. The summed E-state index contributed by atoms with van der Waals surface area (Å²) in [6, 6.07) is 17.8. The Morgan fingerprint density at radius 1 is 0.957 bits per heavy atom. The lowest BCUT2D eigenvalue weighted by Crippen LogP contribution is -2.14. The molecule has 0 spiro atoms. The Labute approximate surface area is 146 Å². The van der Waals surface area contributed by atoms with Gasteiger partial charge in [-0.05, 0) is 29.6 Å². The first kappa shape index (κ1) is 15.6. The summed E-state index contributed by atoms with van der Waals surface area (Å²) in [4.78, 5) is 25.6. The zero-order chi connectivity index (χ0) is 16.2. The molecule has 1 aromatic heterocycles. The summed E-state index contributed by atoms with van der Waals surface area (Å²) in [7, 11) is 0. The van der Waals surface area contributed by atoms with Gasteiger partial charge in [-0.3, -0.25) is 9.59 Å². The third kappa shape index (κ3) is 3.57. The maximum Gasteiger partial charge on any atom is 0.265 e. The molecule has 0 unspecified atom stereocenters. The molecule has 3 aromatic rings. The summed E-state index contributed by atoms with van der Waals surface area (Å²) in [5.74, 6) is -0.349. The number of anilines is 1. The number of nitrogens with one attached hydrogen (secondary N) is 1. The Morgan fingerprint density at radius 3 is 2.43 bits per heavy atom. The van der Waals surface area contributed by atoms with Gasteiger partial charge in [-0.1, -0.05) is 52.3 Å². The zero-order valence-electron chi connectivity index (χ0n) is 12.0. The van der Waals surface area contributed by atoms with Crippen LogP contribution in [0.4, 0.5) is 5.69 Å². The fraction of sp³-hybridized carbons (Fsp3) is 0. The molecule has 0 aliphatic carbocycles. The lowest BCUT2D eigenvalue weighted by molar-refractivity contribution is 0.103. The summed E-state index contributed by atoms with van der Waals surface area (Å²) in [6.07, 6.45) is 0. The molecule has 3 rings (SSSR count). The number of carbonyl (C=O) groups is 2. The summed E-state index contributed by atoms with van der Waals surface area (Å²) in [5.41, 5.74) is 1.54. The van der Waals surface area contributed by atoms with Crippen molar-refractivity contribution in [2.45, 2.75) is 0 Å². The lowest BCUT2D eigenvalue weighted by Gasteiger charge is -2.10. The molecule has 114 valence electrons. The summed E-state index contributed by atoms with van der Waals surface area (Å²) >= 11 is 4.74. The van der Waals surface area contributed by atoms with Crippen LogP contribution in [0.5, 0.6) is 0 Å². The van der Waals surface area contributed by atoms with Crippen molar-refractivity contribution in [3.8, 4) is 0 Å². The largest absolute Gasteiger partial charge is 0.321 e. The van der Waals surface area contributed by atoms with Gasteiger partial charge < -0.3 is 5.32 Å². The van der Waals surface area contributed by atoms with Crippen molar-refractivity contribution in [1.82, 2.24) is 0 Å². The quantitative estimate of drug-likeness (QED) is 0.642. The summed E-state index contributed by atoms with van der Waals surface area (Å²) in [6.45, 7) is 0. The molecule has 2 aromatic carbocycles. The van der Waals surface area contributed by atoms with Crippen LogP contribution in [0.1, 0.15) is 25.6 Å². The normalized spacial score (nSPS) is 10.3. The van der Waals surface area contributed by atoms with E-state index < -0.39 is 0 Å². The van der Waals surface area contributed by atoms with Crippen LogP contribution < -0.4 is 5.32 Å². The van der Waals surface area contributed by atoms with Crippen LogP contribution in [-0.2, 0) is 0 Å². The van der Waals surface area contributed by atoms with E-state index in [2.05, 4.69) is 21.2 Å². The Bertz CT molecular complexity index is 845. The average molecular weight is 386 g/mol. The Morgan fingerprint density at radius 2 is 1.74 bits per heavy atom. The van der Waals surface area contributed by atoms with Gasteiger partial charge in [-0.15, -0.1) is 11.3 Å². The number of hydrogen-bond donors (Lipinski definition) is 1. The minimum atomic E-state index is -0.218. The minimum Gasteiger partial charge on any atom is -0.321 e. The van der Waals surface area contributed by atoms with E-state index >= 15 is 0 Å². The number of hydrogen-bond acceptors (Lipinski definition) is 3. The van der Waals surface area contributed by atoms with Gasteiger partial charge in [0.2, 0.25) is 0 Å². The maximum absolute atomic E-state index is 12.7. The number of amides is 1. The third-order valence-electron chi connectivity index (χ3n) is 3.26. The van der Waals surface area contributed by atoms with E-state index in [9.17, 15) is 9.59 Å². The fourth-order valence-electron chi connectivity index (χ4n) is 2.15. The summed E-state index contributed by atoms with van der Waals surface area (Å²) in [5, 5.41) is 4.66. The average Bonchev–Trinajstić information content (AvgIpc) is 3.11. The molecule has 0 aliphatic rings. The second-order valence-corrected chi connectivity index (χ2v) is 6.68. The second-order valence-electron chi connectivity index (χ2n) is 4.82. The van der Waals surface area contributed by atoms with Crippen molar-refractivity contribution in [1.29, 1.82) is 0 Å². The second kappa shape index (κ2) is 6.89. The molecule has 0 saturated carbocycles. The number of rotatable bonds is 4. The highest BCUT2D eigenvalue weighted by molar-refractivity contribution is 9.10. The molecule has 5 heteroatoms. The highest BCUT2D eigenvalue weighted by atomic mass is 79.9. The van der Waals surface area contributed by atoms with Gasteiger partial charge in [0.25, 0.3) is 5.91 Å². The van der Waals surface area contributed by atoms with Gasteiger partial charge in [-0.2, -0.15) is 0 Å².